The monoisotopic (exact) mass is 308 g/mol. The molecule has 6 fully saturated rings. The molecule has 6 rings (SSSR count). The van der Waals surface area contributed by atoms with Gasteiger partial charge in [0.2, 0.25) is 0 Å². The molecule has 0 N–H and O–H groups in total. The third kappa shape index (κ3) is 22.3. The van der Waals surface area contributed by atoms with E-state index in [2.05, 4.69) is 0 Å². The molecular formula is C22H44. The van der Waals surface area contributed by atoms with Crippen LogP contribution < -0.4 is 0 Å². The first-order chi connectivity index (χ1) is 11.0. The highest BCUT2D eigenvalue weighted by Gasteiger charge is 1.97. The molecule has 0 bridgehead atoms. The Balaban J connectivity index is 0.000000133. The Kier molecular flexibility index (Phi) is 15.8. The summed E-state index contributed by atoms with van der Waals surface area (Å²) in [7, 11) is 0. The molecule has 0 saturated heterocycles. The van der Waals surface area contributed by atoms with E-state index in [-0.39, 0.29) is 0 Å². The van der Waals surface area contributed by atoms with Crippen LogP contribution in [-0.2, 0) is 0 Å². The SMILES string of the molecule is C1CC1.C1CC1.C1CCC1.C1CCC1.C1CCC1.C1CCC1. The molecule has 6 aliphatic carbocycles. The zero-order valence-corrected chi connectivity index (χ0v) is 15.6. The molecular weight excluding hydrogens is 264 g/mol. The Morgan fingerprint density at radius 1 is 0.0909 bits per heavy atom. The molecule has 22 heavy (non-hydrogen) atoms. The Bertz CT molecular complexity index is 117. The van der Waals surface area contributed by atoms with Gasteiger partial charge in [-0.15, -0.1) is 0 Å². The van der Waals surface area contributed by atoms with E-state index in [0.29, 0.717) is 0 Å². The molecule has 0 aromatic rings. The highest BCUT2D eigenvalue weighted by Crippen LogP contribution is 2.16. The van der Waals surface area contributed by atoms with Gasteiger partial charge >= 0.3 is 0 Å². The molecule has 0 unspecified atom stereocenters. The fraction of sp³-hybridized carbons (Fsp3) is 1.00. The summed E-state index contributed by atoms with van der Waals surface area (Å²) in [6.45, 7) is 0. The van der Waals surface area contributed by atoms with Crippen LogP contribution in [0.3, 0.4) is 0 Å². The van der Waals surface area contributed by atoms with Gasteiger partial charge in [-0.25, -0.2) is 0 Å². The molecule has 132 valence electrons. The second kappa shape index (κ2) is 17.4. The molecule has 0 amide bonds. The van der Waals surface area contributed by atoms with Gasteiger partial charge < -0.3 is 0 Å². The van der Waals surface area contributed by atoms with Crippen LogP contribution in [0, 0.1) is 0 Å². The number of hydrogen-bond acceptors (Lipinski definition) is 0. The maximum atomic E-state index is 1.50. The van der Waals surface area contributed by atoms with Gasteiger partial charge in [0.05, 0.1) is 0 Å². The molecule has 0 nitrogen and oxygen atoms in total. The van der Waals surface area contributed by atoms with Crippen LogP contribution >= 0.6 is 0 Å². The number of rotatable bonds is 0. The summed E-state index contributed by atoms with van der Waals surface area (Å²) in [6, 6.07) is 0. The van der Waals surface area contributed by atoms with Crippen LogP contribution in [0.5, 0.6) is 0 Å². The summed E-state index contributed by atoms with van der Waals surface area (Å²) >= 11 is 0. The molecule has 0 aliphatic heterocycles. The maximum absolute atomic E-state index is 1.50. The van der Waals surface area contributed by atoms with Gasteiger partial charge in [-0.05, 0) is 0 Å². The largest absolute Gasteiger partial charge is 0.0533 e. The van der Waals surface area contributed by atoms with Crippen LogP contribution in [0.15, 0.2) is 0 Å². The van der Waals surface area contributed by atoms with Gasteiger partial charge in [0, 0.05) is 0 Å². The summed E-state index contributed by atoms with van der Waals surface area (Å²) in [5, 5.41) is 0. The Morgan fingerprint density at radius 2 is 0.136 bits per heavy atom. The van der Waals surface area contributed by atoms with E-state index in [0.717, 1.165) is 0 Å². The quantitative estimate of drug-likeness (QED) is 0.420. The minimum atomic E-state index is 1.50. The van der Waals surface area contributed by atoms with Crippen molar-refractivity contribution in [1.82, 2.24) is 0 Å². The van der Waals surface area contributed by atoms with Crippen molar-refractivity contribution < 1.29 is 0 Å². The van der Waals surface area contributed by atoms with Crippen LogP contribution in [0.25, 0.3) is 0 Å². The van der Waals surface area contributed by atoms with E-state index in [1.165, 1.54) is 141 Å². The standard InChI is InChI=1S/4C4H8.2C3H6/c4*1-2-4-3-1;2*1-2-3-1/h4*1-4H2;2*1-3H2. The Hall–Kier alpha value is 0. The summed E-state index contributed by atoms with van der Waals surface area (Å²) < 4.78 is 0. The van der Waals surface area contributed by atoms with Gasteiger partial charge in [0.25, 0.3) is 0 Å². The van der Waals surface area contributed by atoms with Crippen molar-refractivity contribution in [3.8, 4) is 0 Å². The van der Waals surface area contributed by atoms with Crippen molar-refractivity contribution in [2.24, 2.45) is 0 Å². The van der Waals surface area contributed by atoms with Crippen LogP contribution in [0.2, 0.25) is 0 Å². The maximum Gasteiger partial charge on any atom is -0.0533 e. The predicted octanol–water partition coefficient (Wildman–Crippen LogP) is 8.58. The van der Waals surface area contributed by atoms with Crippen molar-refractivity contribution in [2.45, 2.75) is 141 Å². The zero-order valence-electron chi connectivity index (χ0n) is 15.6. The molecule has 0 radical (unpaired) electrons. The normalized spacial score (nSPS) is 24.0. The molecule has 0 heteroatoms. The van der Waals surface area contributed by atoms with E-state index in [1.54, 1.807) is 0 Å². The first-order valence-corrected chi connectivity index (χ1v) is 11.0. The van der Waals surface area contributed by atoms with Crippen molar-refractivity contribution >= 4 is 0 Å². The molecule has 6 saturated carbocycles. The molecule has 0 aromatic carbocycles. The third-order valence-electron chi connectivity index (χ3n) is 4.71. The van der Waals surface area contributed by atoms with Gasteiger partial charge in [-0.1, -0.05) is 141 Å². The fourth-order valence-electron chi connectivity index (χ4n) is 1.000. The lowest BCUT2D eigenvalue weighted by atomic mass is 10.0. The lowest BCUT2D eigenvalue weighted by molar-refractivity contribution is 0.504. The average molecular weight is 309 g/mol. The highest BCUT2D eigenvalue weighted by atomic mass is 14.0. The topological polar surface area (TPSA) is 0 Å². The second-order valence-corrected chi connectivity index (χ2v) is 7.78. The molecule has 6 aliphatic rings. The van der Waals surface area contributed by atoms with Crippen molar-refractivity contribution in [3.63, 3.8) is 0 Å². The summed E-state index contributed by atoms with van der Waals surface area (Å²) in [5.41, 5.74) is 0. The lowest BCUT2D eigenvalue weighted by Gasteiger charge is -2.05. The zero-order chi connectivity index (χ0) is 15.6. The lowest BCUT2D eigenvalue weighted by Crippen LogP contribution is -1.85. The third-order valence-corrected chi connectivity index (χ3v) is 4.71. The van der Waals surface area contributed by atoms with Gasteiger partial charge in [-0.3, -0.25) is 0 Å². The second-order valence-electron chi connectivity index (χ2n) is 7.78. The summed E-state index contributed by atoms with van der Waals surface area (Å²) in [4.78, 5) is 0. The van der Waals surface area contributed by atoms with Crippen LogP contribution in [0.1, 0.15) is 141 Å². The molecule has 0 spiro atoms. The Morgan fingerprint density at radius 3 is 0.136 bits per heavy atom. The molecule has 0 aromatic heterocycles. The van der Waals surface area contributed by atoms with E-state index >= 15 is 0 Å². The molecule has 0 heterocycles. The Labute approximate surface area is 141 Å². The number of hydrogen-bond donors (Lipinski definition) is 0. The van der Waals surface area contributed by atoms with Crippen LogP contribution in [0.4, 0.5) is 0 Å². The fourth-order valence-corrected chi connectivity index (χ4v) is 1.000. The average Bonchev–Trinajstić information content (AvgIpc) is 3.03. The van der Waals surface area contributed by atoms with E-state index in [4.69, 9.17) is 0 Å². The van der Waals surface area contributed by atoms with E-state index in [1.807, 2.05) is 0 Å². The van der Waals surface area contributed by atoms with E-state index in [9.17, 15) is 0 Å². The van der Waals surface area contributed by atoms with Crippen LogP contribution in [-0.4, -0.2) is 0 Å². The van der Waals surface area contributed by atoms with Crippen molar-refractivity contribution in [3.05, 3.63) is 0 Å². The minimum Gasteiger partial charge on any atom is -0.0533 e. The van der Waals surface area contributed by atoms with Crippen molar-refractivity contribution in [1.29, 1.82) is 0 Å². The van der Waals surface area contributed by atoms with Gasteiger partial charge in [-0.2, -0.15) is 0 Å². The molecule has 0 atom stereocenters. The highest BCUT2D eigenvalue weighted by molar-refractivity contribution is 4.52. The van der Waals surface area contributed by atoms with Crippen molar-refractivity contribution in [2.75, 3.05) is 0 Å². The first kappa shape index (κ1) is 20.0. The van der Waals surface area contributed by atoms with Gasteiger partial charge in [0.1, 0.15) is 0 Å². The smallest absolute Gasteiger partial charge is 0.0533 e. The summed E-state index contributed by atoms with van der Waals surface area (Å²) in [6.07, 6.45) is 33.0. The minimum absolute atomic E-state index is 1.50. The van der Waals surface area contributed by atoms with E-state index < -0.39 is 0 Å². The first-order valence-electron chi connectivity index (χ1n) is 11.0. The van der Waals surface area contributed by atoms with Gasteiger partial charge in [0.15, 0.2) is 0 Å². The predicted molar refractivity (Wildman–Crippen MR) is 102 cm³/mol. The summed E-state index contributed by atoms with van der Waals surface area (Å²) in [5.74, 6) is 0.